The van der Waals surface area contributed by atoms with Crippen LogP contribution < -0.4 is 5.32 Å². The van der Waals surface area contributed by atoms with Crippen LogP contribution in [0.2, 0.25) is 0 Å². The zero-order valence-corrected chi connectivity index (χ0v) is 26.8. The molecule has 4 aliphatic heterocycles. The first kappa shape index (κ1) is 32.9. The van der Waals surface area contributed by atoms with E-state index in [1.165, 1.54) is 4.90 Å². The highest BCUT2D eigenvalue weighted by atomic mass is 16.6. The third kappa shape index (κ3) is 6.06. The summed E-state index contributed by atoms with van der Waals surface area (Å²) in [5.41, 5.74) is -0.662. The number of aliphatic hydroxyl groups excluding tert-OH is 1. The molecule has 1 aromatic carbocycles. The predicted octanol–water partition coefficient (Wildman–Crippen LogP) is 3.31. The number of carbonyl (C=O) groups excluding carboxylic acids is 4. The minimum Gasteiger partial charge on any atom is -0.455 e. The molecule has 9 atom stereocenters. The monoisotopic (exact) mass is 621 g/mol. The van der Waals surface area contributed by atoms with Crippen LogP contribution in [-0.2, 0) is 28.7 Å². The third-order valence-corrected chi connectivity index (χ3v) is 10.1. The molecule has 45 heavy (non-hydrogen) atoms. The Balaban J connectivity index is 1.61. The van der Waals surface area contributed by atoms with Gasteiger partial charge >= 0.3 is 5.97 Å². The number of cyclic esters (lactones) is 1. The number of ether oxygens (including phenoxy) is 2. The van der Waals surface area contributed by atoms with Gasteiger partial charge in [-0.25, -0.2) is 0 Å². The molecule has 10 nitrogen and oxygen atoms in total. The van der Waals surface area contributed by atoms with Crippen molar-refractivity contribution >= 4 is 23.7 Å². The smallest absolute Gasteiger partial charge is 0.313 e. The number of hydrogen-bond acceptors (Lipinski definition) is 7. The summed E-state index contributed by atoms with van der Waals surface area (Å²) in [5.74, 6) is -3.55. The number of rotatable bonds is 8. The second kappa shape index (κ2) is 13.9. The number of benzene rings is 1. The molecule has 2 fully saturated rings. The first-order chi connectivity index (χ1) is 21.7. The van der Waals surface area contributed by atoms with Gasteiger partial charge in [0.05, 0.1) is 31.2 Å². The summed E-state index contributed by atoms with van der Waals surface area (Å²) in [5, 5.41) is 13.5. The highest BCUT2D eigenvalue weighted by Gasteiger charge is 2.74. The predicted molar refractivity (Wildman–Crippen MR) is 167 cm³/mol. The van der Waals surface area contributed by atoms with Crippen LogP contribution in [0.5, 0.6) is 0 Å². The van der Waals surface area contributed by atoms with Crippen molar-refractivity contribution < 1.29 is 33.8 Å². The highest BCUT2D eigenvalue weighted by molar-refractivity contribution is 5.99. The van der Waals surface area contributed by atoms with Gasteiger partial charge in [-0.05, 0) is 31.2 Å². The molecule has 244 valence electrons. The second-order valence-corrected chi connectivity index (χ2v) is 12.9. The Morgan fingerprint density at radius 3 is 2.51 bits per heavy atom. The van der Waals surface area contributed by atoms with Gasteiger partial charge in [0, 0.05) is 19.0 Å². The summed E-state index contributed by atoms with van der Waals surface area (Å²) in [4.78, 5) is 59.5. The van der Waals surface area contributed by atoms with Crippen molar-refractivity contribution in [3.05, 3.63) is 60.2 Å². The van der Waals surface area contributed by atoms with Crippen molar-refractivity contribution in [2.75, 3.05) is 19.7 Å². The zero-order chi connectivity index (χ0) is 32.3. The summed E-state index contributed by atoms with van der Waals surface area (Å²) in [6.45, 7) is 8.04. The molecule has 4 aliphatic rings. The SMILES string of the molecule is CCCC(C)N1C/C=C\CCC(=O)NC[C@H](c2ccccc2)OC(=O)[C@@H]2[C@H]3C(=O)N([C@@H](CO)[C@@H](C)CC)[C@H](C1=O)[C@]31C=C[C@H]2O1. The molecule has 4 heterocycles. The molecule has 1 unspecified atom stereocenters. The minimum atomic E-state index is -1.37. The maximum absolute atomic E-state index is 14.8. The average Bonchev–Trinajstić information content (AvgIpc) is 3.68. The summed E-state index contributed by atoms with van der Waals surface area (Å²) >= 11 is 0. The van der Waals surface area contributed by atoms with Crippen LogP contribution in [0.15, 0.2) is 54.6 Å². The lowest BCUT2D eigenvalue weighted by atomic mass is 9.74. The average molecular weight is 622 g/mol. The Kier molecular flexibility index (Phi) is 10.1. The molecule has 2 N–H and O–H groups in total. The number of allylic oxidation sites excluding steroid dienone is 1. The zero-order valence-electron chi connectivity index (χ0n) is 26.8. The number of esters is 1. The van der Waals surface area contributed by atoms with Crippen molar-refractivity contribution in [2.45, 2.75) is 95.7 Å². The van der Waals surface area contributed by atoms with Crippen molar-refractivity contribution in [1.82, 2.24) is 15.1 Å². The van der Waals surface area contributed by atoms with Gasteiger partial charge in [-0.15, -0.1) is 0 Å². The fourth-order valence-corrected chi connectivity index (χ4v) is 7.48. The molecular formula is C35H47N3O7. The number of nitrogens with zero attached hydrogens (tertiary/aromatic N) is 2. The van der Waals surface area contributed by atoms with Crippen LogP contribution in [0.4, 0.5) is 0 Å². The molecule has 1 spiro atoms. The van der Waals surface area contributed by atoms with Crippen LogP contribution in [0.3, 0.4) is 0 Å². The normalized spacial score (nSPS) is 33.0. The molecule has 3 amide bonds. The van der Waals surface area contributed by atoms with E-state index >= 15 is 0 Å². The number of nitrogens with one attached hydrogen (secondary N) is 1. The molecular weight excluding hydrogens is 574 g/mol. The molecule has 10 heteroatoms. The Bertz CT molecular complexity index is 1320. The van der Waals surface area contributed by atoms with E-state index in [0.29, 0.717) is 24.9 Å². The van der Waals surface area contributed by atoms with Gasteiger partial charge in [0.15, 0.2) is 0 Å². The first-order valence-corrected chi connectivity index (χ1v) is 16.5. The maximum Gasteiger partial charge on any atom is 0.313 e. The van der Waals surface area contributed by atoms with E-state index in [2.05, 4.69) is 12.2 Å². The summed E-state index contributed by atoms with van der Waals surface area (Å²) in [6, 6.07) is 7.34. The summed E-state index contributed by atoms with van der Waals surface area (Å²) in [6.07, 6.45) is 8.84. The van der Waals surface area contributed by atoms with Crippen LogP contribution in [0.1, 0.15) is 71.5 Å². The number of fused-ring (bicyclic) bond motifs is 2. The van der Waals surface area contributed by atoms with Gasteiger partial charge < -0.3 is 29.7 Å². The molecule has 0 saturated carbocycles. The van der Waals surface area contributed by atoms with E-state index in [1.807, 2.05) is 63.3 Å². The molecule has 1 aromatic rings. The lowest BCUT2D eigenvalue weighted by molar-refractivity contribution is -0.161. The quantitative estimate of drug-likeness (QED) is 0.337. The van der Waals surface area contributed by atoms with Gasteiger partial charge in [-0.3, -0.25) is 19.2 Å². The lowest BCUT2D eigenvalue weighted by Gasteiger charge is -2.41. The second-order valence-electron chi connectivity index (χ2n) is 12.9. The fourth-order valence-electron chi connectivity index (χ4n) is 7.48. The van der Waals surface area contributed by atoms with E-state index in [9.17, 15) is 24.3 Å². The Hall–Kier alpha value is -3.50. The largest absolute Gasteiger partial charge is 0.455 e. The maximum atomic E-state index is 14.8. The van der Waals surface area contributed by atoms with Crippen LogP contribution in [0, 0.1) is 17.8 Å². The topological polar surface area (TPSA) is 125 Å². The summed E-state index contributed by atoms with van der Waals surface area (Å²) in [7, 11) is 0. The molecule has 2 saturated heterocycles. The van der Waals surface area contributed by atoms with Gasteiger partial charge in [-0.2, -0.15) is 0 Å². The van der Waals surface area contributed by atoms with Gasteiger partial charge in [0.1, 0.15) is 23.7 Å². The third-order valence-electron chi connectivity index (χ3n) is 10.1. The van der Waals surface area contributed by atoms with E-state index in [0.717, 1.165) is 12.8 Å². The molecule has 5 bridgehead atoms. The number of amides is 3. The number of hydrogen-bond donors (Lipinski definition) is 2. The molecule has 0 radical (unpaired) electrons. The van der Waals surface area contributed by atoms with Crippen LogP contribution >= 0.6 is 0 Å². The molecule has 5 rings (SSSR count). The van der Waals surface area contributed by atoms with E-state index < -0.39 is 47.7 Å². The number of likely N-dealkylation sites (tertiary alicyclic amines) is 1. The Labute approximate surface area is 265 Å². The van der Waals surface area contributed by atoms with E-state index in [4.69, 9.17) is 9.47 Å². The van der Waals surface area contributed by atoms with Gasteiger partial charge in [0.2, 0.25) is 17.7 Å². The molecule has 0 aromatic heterocycles. The Morgan fingerprint density at radius 2 is 1.82 bits per heavy atom. The standard InChI is InChI=1S/C35H47N3O7/c1-5-13-23(4)37-19-12-8-11-16-28(40)36-20-27(24-14-9-7-10-15-24)44-34(43)29-26-17-18-35(45-26)30(29)32(41)38(31(35)33(37)42)25(21-39)22(3)6-2/h7-10,12,14-15,17-18,22-23,25-27,29-31,39H,5-6,11,13,16,19-21H2,1-4H3,(H,36,40)/b12-8-/t22-,23?,25-,26+,27+,29-,30-,31+,35-/m0/s1. The number of carbonyl (C=O) groups is 4. The minimum absolute atomic E-state index is 0.0757. The summed E-state index contributed by atoms with van der Waals surface area (Å²) < 4.78 is 12.7. The fraction of sp³-hybridized carbons (Fsp3) is 0.600. The van der Waals surface area contributed by atoms with Gasteiger partial charge in [-0.1, -0.05) is 88.2 Å². The van der Waals surface area contributed by atoms with Crippen LogP contribution in [0.25, 0.3) is 0 Å². The van der Waals surface area contributed by atoms with Crippen molar-refractivity contribution in [3.8, 4) is 0 Å². The van der Waals surface area contributed by atoms with Crippen molar-refractivity contribution in [3.63, 3.8) is 0 Å². The van der Waals surface area contributed by atoms with E-state index in [-0.39, 0.29) is 49.3 Å². The van der Waals surface area contributed by atoms with Crippen molar-refractivity contribution in [2.24, 2.45) is 17.8 Å². The molecule has 0 aliphatic carbocycles. The number of aliphatic hydroxyl groups is 1. The van der Waals surface area contributed by atoms with Crippen LogP contribution in [-0.4, -0.2) is 88.1 Å². The lowest BCUT2D eigenvalue weighted by Crippen LogP contribution is -2.60. The first-order valence-electron chi connectivity index (χ1n) is 16.5. The van der Waals surface area contributed by atoms with E-state index in [1.54, 1.807) is 17.1 Å². The van der Waals surface area contributed by atoms with Crippen molar-refractivity contribution in [1.29, 1.82) is 0 Å². The van der Waals surface area contributed by atoms with Gasteiger partial charge in [0.25, 0.3) is 0 Å². The Morgan fingerprint density at radius 1 is 1.07 bits per heavy atom. The highest BCUT2D eigenvalue weighted by Crippen LogP contribution is 2.56.